The summed E-state index contributed by atoms with van der Waals surface area (Å²) in [5.41, 5.74) is 2.67. The van der Waals surface area contributed by atoms with Crippen LogP contribution in [0.3, 0.4) is 0 Å². The molecule has 0 aliphatic carbocycles. The first-order valence-electron chi connectivity index (χ1n) is 6.67. The van der Waals surface area contributed by atoms with Crippen molar-refractivity contribution in [2.45, 2.75) is 13.8 Å². The SMILES string of the molecule is Cc1cc(C)cc(OCCN(C)C(=O)c2ccoc2Cl)c1. The maximum atomic E-state index is 12.1. The van der Waals surface area contributed by atoms with Gasteiger partial charge < -0.3 is 14.1 Å². The molecule has 1 aromatic carbocycles. The molecule has 21 heavy (non-hydrogen) atoms. The Balaban J connectivity index is 1.88. The minimum Gasteiger partial charge on any atom is -0.492 e. The predicted molar refractivity (Wildman–Crippen MR) is 82.1 cm³/mol. The van der Waals surface area contributed by atoms with Crippen LogP contribution in [0.15, 0.2) is 34.9 Å². The van der Waals surface area contributed by atoms with Crippen molar-refractivity contribution in [1.82, 2.24) is 4.90 Å². The van der Waals surface area contributed by atoms with Crippen molar-refractivity contribution in [2.75, 3.05) is 20.2 Å². The number of ether oxygens (including phenoxy) is 1. The number of amides is 1. The smallest absolute Gasteiger partial charge is 0.258 e. The standard InChI is InChI=1S/C16H18ClNO3/c1-11-8-12(2)10-13(9-11)20-7-5-18(3)16(19)14-4-6-21-15(14)17/h4,6,8-10H,5,7H2,1-3H3. The molecule has 5 heteroatoms. The molecule has 0 fully saturated rings. The normalized spacial score (nSPS) is 10.5. The molecule has 0 N–H and O–H groups in total. The van der Waals surface area contributed by atoms with Crippen LogP contribution in [0.5, 0.6) is 5.75 Å². The average Bonchev–Trinajstić information content (AvgIpc) is 2.83. The van der Waals surface area contributed by atoms with E-state index in [2.05, 4.69) is 6.07 Å². The highest BCUT2D eigenvalue weighted by Gasteiger charge is 2.17. The van der Waals surface area contributed by atoms with Crippen LogP contribution in [0.1, 0.15) is 21.5 Å². The van der Waals surface area contributed by atoms with E-state index in [-0.39, 0.29) is 11.1 Å². The number of hydrogen-bond acceptors (Lipinski definition) is 3. The Morgan fingerprint density at radius 1 is 1.29 bits per heavy atom. The molecule has 0 aliphatic heterocycles. The first kappa shape index (κ1) is 15.4. The first-order valence-corrected chi connectivity index (χ1v) is 7.04. The fourth-order valence-corrected chi connectivity index (χ4v) is 2.27. The minimum absolute atomic E-state index is 0.113. The Morgan fingerprint density at radius 2 is 1.95 bits per heavy atom. The van der Waals surface area contributed by atoms with Crippen molar-refractivity contribution in [3.8, 4) is 5.75 Å². The summed E-state index contributed by atoms with van der Waals surface area (Å²) in [6.07, 6.45) is 1.40. The highest BCUT2D eigenvalue weighted by Crippen LogP contribution is 2.18. The molecule has 2 aromatic rings. The van der Waals surface area contributed by atoms with E-state index in [4.69, 9.17) is 20.8 Å². The highest BCUT2D eigenvalue weighted by atomic mass is 35.5. The quantitative estimate of drug-likeness (QED) is 0.846. The fraction of sp³-hybridized carbons (Fsp3) is 0.312. The monoisotopic (exact) mass is 307 g/mol. The second-order valence-corrected chi connectivity index (χ2v) is 5.35. The maximum Gasteiger partial charge on any atom is 0.258 e. The number of benzene rings is 1. The van der Waals surface area contributed by atoms with E-state index >= 15 is 0 Å². The van der Waals surface area contributed by atoms with Crippen LogP contribution in [0.4, 0.5) is 0 Å². The van der Waals surface area contributed by atoms with Crippen LogP contribution in [0, 0.1) is 13.8 Å². The summed E-state index contributed by atoms with van der Waals surface area (Å²) in [5.74, 6) is 0.632. The van der Waals surface area contributed by atoms with Crippen molar-refractivity contribution in [3.63, 3.8) is 0 Å². The summed E-state index contributed by atoms with van der Waals surface area (Å²) in [6.45, 7) is 4.93. The Kier molecular flexibility index (Phi) is 4.91. The topological polar surface area (TPSA) is 42.7 Å². The van der Waals surface area contributed by atoms with Gasteiger partial charge in [0.25, 0.3) is 5.91 Å². The van der Waals surface area contributed by atoms with Gasteiger partial charge in [-0.1, -0.05) is 6.07 Å². The molecule has 1 aromatic heterocycles. The van der Waals surface area contributed by atoms with Gasteiger partial charge in [-0.3, -0.25) is 4.79 Å². The van der Waals surface area contributed by atoms with Gasteiger partial charge in [0.05, 0.1) is 18.4 Å². The van der Waals surface area contributed by atoms with Crippen LogP contribution >= 0.6 is 11.6 Å². The second kappa shape index (κ2) is 6.68. The largest absolute Gasteiger partial charge is 0.492 e. The molecular weight excluding hydrogens is 290 g/mol. The third kappa shape index (κ3) is 4.02. The lowest BCUT2D eigenvalue weighted by Gasteiger charge is -2.17. The molecule has 2 rings (SSSR count). The minimum atomic E-state index is -0.183. The van der Waals surface area contributed by atoms with E-state index in [1.54, 1.807) is 18.0 Å². The van der Waals surface area contributed by atoms with Gasteiger partial charge >= 0.3 is 0 Å². The molecule has 1 heterocycles. The number of carbonyl (C=O) groups is 1. The van der Waals surface area contributed by atoms with E-state index < -0.39 is 0 Å². The molecule has 0 saturated heterocycles. The molecule has 0 bridgehead atoms. The van der Waals surface area contributed by atoms with E-state index in [0.717, 1.165) is 16.9 Å². The van der Waals surface area contributed by atoms with Crippen molar-refractivity contribution in [3.05, 3.63) is 52.4 Å². The van der Waals surface area contributed by atoms with Crippen LogP contribution in [-0.2, 0) is 0 Å². The molecule has 0 spiro atoms. The number of likely N-dealkylation sites (N-methyl/N-ethyl adjacent to an activating group) is 1. The average molecular weight is 308 g/mol. The number of aryl methyl sites for hydroxylation is 2. The van der Waals surface area contributed by atoms with Gasteiger partial charge in [-0.05, 0) is 54.8 Å². The molecule has 112 valence electrons. The van der Waals surface area contributed by atoms with E-state index in [0.29, 0.717) is 18.7 Å². The van der Waals surface area contributed by atoms with Gasteiger partial charge in [-0.2, -0.15) is 0 Å². The molecule has 4 nitrogen and oxygen atoms in total. The third-order valence-corrected chi connectivity index (χ3v) is 3.38. The lowest BCUT2D eigenvalue weighted by atomic mass is 10.1. The zero-order valence-corrected chi connectivity index (χ0v) is 13.1. The number of carbonyl (C=O) groups excluding carboxylic acids is 1. The van der Waals surface area contributed by atoms with Crippen LogP contribution in [-0.4, -0.2) is 31.0 Å². The zero-order chi connectivity index (χ0) is 15.4. The Hall–Kier alpha value is -1.94. The molecular formula is C16H18ClNO3. The van der Waals surface area contributed by atoms with E-state index in [1.807, 2.05) is 26.0 Å². The number of halogens is 1. The summed E-state index contributed by atoms with van der Waals surface area (Å²) in [5, 5.41) is 0.113. The molecule has 0 atom stereocenters. The summed E-state index contributed by atoms with van der Waals surface area (Å²) in [7, 11) is 1.70. The lowest BCUT2D eigenvalue weighted by molar-refractivity contribution is 0.0773. The molecule has 0 radical (unpaired) electrons. The van der Waals surface area contributed by atoms with Crippen molar-refractivity contribution in [1.29, 1.82) is 0 Å². The van der Waals surface area contributed by atoms with Gasteiger partial charge in [-0.15, -0.1) is 0 Å². The molecule has 0 saturated carbocycles. The van der Waals surface area contributed by atoms with Gasteiger partial charge in [0.1, 0.15) is 12.4 Å². The van der Waals surface area contributed by atoms with Crippen molar-refractivity contribution < 1.29 is 13.9 Å². The maximum absolute atomic E-state index is 12.1. The Bertz CT molecular complexity index is 616. The van der Waals surface area contributed by atoms with Gasteiger partial charge in [0.2, 0.25) is 5.22 Å². The van der Waals surface area contributed by atoms with Crippen LogP contribution in [0.25, 0.3) is 0 Å². The summed E-state index contributed by atoms with van der Waals surface area (Å²) in [6, 6.07) is 7.60. The predicted octanol–water partition coefficient (Wildman–Crippen LogP) is 3.70. The lowest BCUT2D eigenvalue weighted by Crippen LogP contribution is -2.30. The number of furan rings is 1. The Labute approximate surface area is 129 Å². The second-order valence-electron chi connectivity index (χ2n) is 5.01. The van der Waals surface area contributed by atoms with Gasteiger partial charge in [-0.25, -0.2) is 0 Å². The summed E-state index contributed by atoms with van der Waals surface area (Å²) >= 11 is 5.80. The number of hydrogen-bond donors (Lipinski definition) is 0. The summed E-state index contributed by atoms with van der Waals surface area (Å²) < 4.78 is 10.6. The first-order chi connectivity index (χ1) is 9.97. The third-order valence-electron chi connectivity index (χ3n) is 3.09. The van der Waals surface area contributed by atoms with Crippen molar-refractivity contribution >= 4 is 17.5 Å². The molecule has 0 aliphatic rings. The fourth-order valence-electron chi connectivity index (χ4n) is 2.07. The van der Waals surface area contributed by atoms with Gasteiger partial charge in [0.15, 0.2) is 0 Å². The highest BCUT2D eigenvalue weighted by molar-refractivity contribution is 6.32. The van der Waals surface area contributed by atoms with E-state index in [1.165, 1.54) is 6.26 Å². The molecule has 0 unspecified atom stereocenters. The molecule has 1 amide bonds. The number of rotatable bonds is 5. The van der Waals surface area contributed by atoms with E-state index in [9.17, 15) is 4.79 Å². The van der Waals surface area contributed by atoms with Crippen LogP contribution < -0.4 is 4.74 Å². The van der Waals surface area contributed by atoms with Crippen LogP contribution in [0.2, 0.25) is 5.22 Å². The zero-order valence-electron chi connectivity index (χ0n) is 12.4. The Morgan fingerprint density at radius 3 is 2.52 bits per heavy atom. The van der Waals surface area contributed by atoms with Gasteiger partial charge in [0, 0.05) is 7.05 Å². The summed E-state index contributed by atoms with van der Waals surface area (Å²) in [4.78, 5) is 13.7. The number of nitrogens with zero attached hydrogens (tertiary/aromatic N) is 1. The van der Waals surface area contributed by atoms with Crippen molar-refractivity contribution in [2.24, 2.45) is 0 Å².